The van der Waals surface area contributed by atoms with Crippen molar-refractivity contribution in [3.63, 3.8) is 0 Å². The van der Waals surface area contributed by atoms with Crippen molar-refractivity contribution in [1.82, 2.24) is 5.43 Å². The third kappa shape index (κ3) is 7.47. The van der Waals surface area contributed by atoms with E-state index in [-0.39, 0.29) is 10.6 Å². The molecule has 0 saturated carbocycles. The molecule has 190 valence electrons. The van der Waals surface area contributed by atoms with Crippen LogP contribution in [-0.2, 0) is 14.8 Å². The van der Waals surface area contributed by atoms with Crippen molar-refractivity contribution >= 4 is 39.4 Å². The minimum atomic E-state index is -4.07. The molecule has 0 atom stereocenters. The summed E-state index contributed by atoms with van der Waals surface area (Å²) < 4.78 is 38.5. The number of nitrogens with one attached hydrogen (secondary N) is 1. The van der Waals surface area contributed by atoms with Gasteiger partial charge >= 0.3 is 0 Å². The van der Waals surface area contributed by atoms with E-state index < -0.39 is 22.5 Å². The average Bonchev–Trinajstić information content (AvgIpc) is 2.89. The van der Waals surface area contributed by atoms with E-state index in [2.05, 4.69) is 17.5 Å². The number of nitrogens with zero attached hydrogens (tertiary/aromatic N) is 2. The van der Waals surface area contributed by atoms with Crippen LogP contribution < -0.4 is 19.2 Å². The molecule has 3 aromatic rings. The molecule has 0 aromatic heterocycles. The van der Waals surface area contributed by atoms with Crippen molar-refractivity contribution in [2.24, 2.45) is 5.10 Å². The Hall–Kier alpha value is -3.56. The summed E-state index contributed by atoms with van der Waals surface area (Å²) in [6, 6.07) is 19.4. The number of halogens is 1. The zero-order valence-corrected chi connectivity index (χ0v) is 21.6. The van der Waals surface area contributed by atoms with Crippen molar-refractivity contribution in [1.29, 1.82) is 0 Å². The molecule has 0 aliphatic carbocycles. The van der Waals surface area contributed by atoms with Crippen LogP contribution in [0.1, 0.15) is 25.3 Å². The highest BCUT2D eigenvalue weighted by Gasteiger charge is 2.27. The fourth-order valence-corrected chi connectivity index (χ4v) is 4.67. The lowest BCUT2D eigenvalue weighted by Crippen LogP contribution is -2.39. The predicted octanol–water partition coefficient (Wildman–Crippen LogP) is 4.87. The number of benzene rings is 3. The lowest BCUT2D eigenvalue weighted by atomic mass is 10.2. The van der Waals surface area contributed by atoms with Crippen molar-refractivity contribution in [2.45, 2.75) is 24.7 Å². The first-order chi connectivity index (χ1) is 17.3. The fraction of sp³-hybridized carbons (Fsp3) is 0.231. The maximum Gasteiger partial charge on any atom is 0.264 e. The summed E-state index contributed by atoms with van der Waals surface area (Å²) in [6.45, 7) is 2.27. The lowest BCUT2D eigenvalue weighted by molar-refractivity contribution is -0.119. The van der Waals surface area contributed by atoms with E-state index >= 15 is 0 Å². The molecule has 36 heavy (non-hydrogen) atoms. The Morgan fingerprint density at radius 1 is 1.00 bits per heavy atom. The van der Waals surface area contributed by atoms with E-state index in [1.807, 2.05) is 24.3 Å². The van der Waals surface area contributed by atoms with Gasteiger partial charge in [0.2, 0.25) is 0 Å². The number of sulfonamides is 1. The summed E-state index contributed by atoms with van der Waals surface area (Å²) in [5.74, 6) is 0.657. The number of ether oxygens (including phenoxy) is 2. The molecule has 10 heteroatoms. The van der Waals surface area contributed by atoms with Crippen molar-refractivity contribution < 1.29 is 22.7 Å². The number of hydrogen-bond acceptors (Lipinski definition) is 6. The Bertz CT molecular complexity index is 1260. The third-order valence-corrected chi connectivity index (χ3v) is 7.14. The Balaban J connectivity index is 1.72. The molecule has 3 aromatic carbocycles. The molecule has 0 radical (unpaired) electrons. The van der Waals surface area contributed by atoms with Crippen molar-refractivity contribution in [3.8, 4) is 11.5 Å². The average molecular weight is 530 g/mol. The number of anilines is 1. The molecule has 0 aliphatic rings. The molecule has 0 bridgehead atoms. The van der Waals surface area contributed by atoms with Gasteiger partial charge in [-0.25, -0.2) is 13.8 Å². The Morgan fingerprint density at radius 3 is 2.25 bits per heavy atom. The summed E-state index contributed by atoms with van der Waals surface area (Å²) in [4.78, 5) is 12.7. The number of hydrogen-bond donors (Lipinski definition) is 1. The molecule has 0 saturated heterocycles. The standard InChI is InChI=1S/C26H28ClN3O5S/c1-3-4-17-35-24-11-5-20(6-12-24)18-28-29-26(31)19-30(22-9-7-21(27)8-10-22)36(32,33)25-15-13-23(34-2)14-16-25/h5-16,18H,3-4,17,19H2,1-2H3,(H,29,31)/b28-18+. The SMILES string of the molecule is CCCCOc1ccc(/C=N/NC(=O)CN(c2ccc(Cl)cc2)S(=O)(=O)c2ccc(OC)cc2)cc1. The van der Waals surface area contributed by atoms with E-state index in [0.29, 0.717) is 17.4 Å². The van der Waals surface area contributed by atoms with Gasteiger partial charge in [-0.15, -0.1) is 0 Å². The van der Waals surface area contributed by atoms with Crippen molar-refractivity contribution in [2.75, 3.05) is 24.6 Å². The topological polar surface area (TPSA) is 97.3 Å². The predicted molar refractivity (Wildman–Crippen MR) is 142 cm³/mol. The second kappa shape index (κ2) is 12.9. The van der Waals surface area contributed by atoms with Gasteiger partial charge in [-0.3, -0.25) is 9.10 Å². The maximum atomic E-state index is 13.4. The second-order valence-corrected chi connectivity index (χ2v) is 10.0. The van der Waals surface area contributed by atoms with Crippen LogP contribution >= 0.6 is 11.6 Å². The molecular formula is C26H28ClN3O5S. The molecule has 1 amide bonds. The largest absolute Gasteiger partial charge is 0.497 e. The summed E-state index contributed by atoms with van der Waals surface area (Å²) >= 11 is 5.97. The van der Waals surface area contributed by atoms with Gasteiger partial charge in [-0.2, -0.15) is 5.10 Å². The summed E-state index contributed by atoms with van der Waals surface area (Å²) in [6.07, 6.45) is 3.51. The minimum Gasteiger partial charge on any atom is -0.497 e. The van der Waals surface area contributed by atoms with Gasteiger partial charge in [-0.05, 0) is 84.8 Å². The highest BCUT2D eigenvalue weighted by Crippen LogP contribution is 2.26. The molecule has 0 heterocycles. The first-order valence-corrected chi connectivity index (χ1v) is 13.1. The minimum absolute atomic E-state index is 0.01000. The van der Waals surface area contributed by atoms with E-state index in [0.717, 1.165) is 28.5 Å². The number of carbonyl (C=O) groups excluding carboxylic acids is 1. The van der Waals surface area contributed by atoms with Gasteiger partial charge in [-0.1, -0.05) is 24.9 Å². The highest BCUT2D eigenvalue weighted by atomic mass is 35.5. The highest BCUT2D eigenvalue weighted by molar-refractivity contribution is 7.92. The van der Waals surface area contributed by atoms with Crippen LogP contribution in [-0.4, -0.2) is 40.8 Å². The second-order valence-electron chi connectivity index (χ2n) is 7.73. The van der Waals surface area contributed by atoms with E-state index in [1.54, 1.807) is 12.1 Å². The van der Waals surface area contributed by atoms with Gasteiger partial charge in [0.05, 0.1) is 30.5 Å². The van der Waals surface area contributed by atoms with Crippen LogP contribution in [0.3, 0.4) is 0 Å². The quantitative estimate of drug-likeness (QED) is 0.205. The maximum absolute atomic E-state index is 13.4. The molecule has 1 N–H and O–H groups in total. The first-order valence-electron chi connectivity index (χ1n) is 11.3. The van der Waals surface area contributed by atoms with Crippen LogP contribution in [0.4, 0.5) is 5.69 Å². The van der Waals surface area contributed by atoms with Crippen molar-refractivity contribution in [3.05, 3.63) is 83.4 Å². The molecule has 0 aliphatic heterocycles. The van der Waals surface area contributed by atoms with Gasteiger partial charge < -0.3 is 9.47 Å². The number of amides is 1. The summed E-state index contributed by atoms with van der Waals surface area (Å²) in [5.41, 5.74) is 3.42. The number of carbonyl (C=O) groups is 1. The molecule has 0 unspecified atom stereocenters. The van der Waals surface area contributed by atoms with Crippen LogP contribution in [0.15, 0.2) is 82.8 Å². The molecular weight excluding hydrogens is 502 g/mol. The van der Waals surface area contributed by atoms with Gasteiger partial charge in [0.25, 0.3) is 15.9 Å². The zero-order chi connectivity index (χ0) is 26.0. The number of hydrazone groups is 1. The Labute approximate surface area is 216 Å². The number of rotatable bonds is 12. The smallest absolute Gasteiger partial charge is 0.264 e. The van der Waals surface area contributed by atoms with Gasteiger partial charge in [0, 0.05) is 5.02 Å². The van der Waals surface area contributed by atoms with Gasteiger partial charge in [0.15, 0.2) is 0 Å². The van der Waals surface area contributed by atoms with Crippen LogP contribution in [0.25, 0.3) is 0 Å². The van der Waals surface area contributed by atoms with Crippen LogP contribution in [0.5, 0.6) is 11.5 Å². The fourth-order valence-electron chi connectivity index (χ4n) is 3.13. The van der Waals surface area contributed by atoms with Gasteiger partial charge in [0.1, 0.15) is 18.0 Å². The Kier molecular flexibility index (Phi) is 9.72. The normalized spacial score (nSPS) is 11.3. The molecule has 3 rings (SSSR count). The summed E-state index contributed by atoms with van der Waals surface area (Å²) in [5, 5.41) is 4.40. The van der Waals surface area contributed by atoms with E-state index in [1.165, 1.54) is 49.7 Å². The number of unbranched alkanes of at least 4 members (excludes halogenated alkanes) is 1. The van der Waals surface area contributed by atoms with E-state index in [9.17, 15) is 13.2 Å². The van der Waals surface area contributed by atoms with E-state index in [4.69, 9.17) is 21.1 Å². The Morgan fingerprint density at radius 2 is 1.64 bits per heavy atom. The third-order valence-electron chi connectivity index (χ3n) is 5.10. The molecule has 0 fully saturated rings. The monoisotopic (exact) mass is 529 g/mol. The lowest BCUT2D eigenvalue weighted by Gasteiger charge is -2.23. The summed E-state index contributed by atoms with van der Waals surface area (Å²) in [7, 11) is -2.58. The van der Waals surface area contributed by atoms with Crippen LogP contribution in [0.2, 0.25) is 5.02 Å². The first kappa shape index (κ1) is 27.0. The zero-order valence-electron chi connectivity index (χ0n) is 20.1. The number of methoxy groups -OCH3 is 1. The molecule has 0 spiro atoms. The van der Waals surface area contributed by atoms with Crippen LogP contribution in [0, 0.1) is 0 Å². The molecule has 8 nitrogen and oxygen atoms in total.